The van der Waals surface area contributed by atoms with Crippen LogP contribution in [-0.2, 0) is 25.0 Å². The Kier molecular flexibility index (Phi) is 4.64. The summed E-state index contributed by atoms with van der Waals surface area (Å²) in [5, 5.41) is 8.41. The molecule has 0 atom stereocenters. The van der Waals surface area contributed by atoms with Crippen LogP contribution in [0.1, 0.15) is 0 Å². The van der Waals surface area contributed by atoms with Gasteiger partial charge in [0.05, 0.1) is 5.57 Å². The monoisotopic (exact) mass is 236 g/mol. The second kappa shape index (κ2) is 5.01. The van der Waals surface area contributed by atoms with E-state index in [0.29, 0.717) is 5.57 Å². The smallest absolute Gasteiger partial charge is 0.336 e. The summed E-state index contributed by atoms with van der Waals surface area (Å²) < 4.78 is 24.0. The first-order valence-corrected chi connectivity index (χ1v) is 5.62. The molecule has 0 saturated heterocycles. The van der Waals surface area contributed by atoms with Crippen molar-refractivity contribution in [3.63, 3.8) is 0 Å². The van der Waals surface area contributed by atoms with Gasteiger partial charge in [0, 0.05) is 11.2 Å². The van der Waals surface area contributed by atoms with Gasteiger partial charge in [-0.1, -0.05) is 18.7 Å². The van der Waals surface area contributed by atoms with E-state index in [-0.39, 0.29) is 5.57 Å². The Morgan fingerprint density at radius 1 is 1.50 bits per heavy atom. The fourth-order valence-electron chi connectivity index (χ4n) is 0.666. The topological polar surface area (TPSA) is 94.8 Å². The minimum Gasteiger partial charge on any atom is -0.478 e. The molecule has 0 aromatic rings. The number of carboxylic acids is 1. The summed E-state index contributed by atoms with van der Waals surface area (Å²) in [6, 6.07) is 0. The first-order chi connectivity index (χ1) is 6.22. The molecule has 0 unspecified atom stereocenters. The lowest BCUT2D eigenvalue weighted by atomic mass is 10.2. The van der Waals surface area contributed by atoms with Crippen molar-refractivity contribution in [1.82, 2.24) is 0 Å². The Hall–Kier alpha value is -1.02. The number of rotatable bonds is 1. The molecule has 0 aliphatic heterocycles. The molecule has 1 rings (SSSR count). The zero-order chi connectivity index (χ0) is 11.4. The summed E-state index contributed by atoms with van der Waals surface area (Å²) in [5.41, 5.74) is 0.859. The Bertz CT molecular complexity index is 394. The van der Waals surface area contributed by atoms with Crippen molar-refractivity contribution in [3.05, 3.63) is 36.0 Å². The minimum absolute atomic E-state index is 0.287. The van der Waals surface area contributed by atoms with Gasteiger partial charge in [0.15, 0.2) is 0 Å². The van der Waals surface area contributed by atoms with E-state index >= 15 is 0 Å². The molecule has 0 aromatic carbocycles. The van der Waals surface area contributed by atoms with Crippen molar-refractivity contribution in [2.45, 2.75) is 0 Å². The highest BCUT2D eigenvalue weighted by Gasteiger charge is 2.10. The molecule has 78 valence electrons. The van der Waals surface area contributed by atoms with Gasteiger partial charge in [-0.05, 0) is 11.6 Å². The van der Waals surface area contributed by atoms with Gasteiger partial charge in [-0.3, -0.25) is 9.11 Å². The van der Waals surface area contributed by atoms with E-state index in [1.54, 1.807) is 12.2 Å². The van der Waals surface area contributed by atoms with E-state index in [4.69, 9.17) is 18.4 Å². The average Bonchev–Trinajstić information content (AvgIpc) is 2.30. The third kappa shape index (κ3) is 6.49. The first kappa shape index (κ1) is 13.0. The summed E-state index contributed by atoms with van der Waals surface area (Å²) in [5.74, 6) is -0.912. The van der Waals surface area contributed by atoms with Crippen molar-refractivity contribution in [2.75, 3.05) is 0 Å². The van der Waals surface area contributed by atoms with Gasteiger partial charge in [0.25, 0.3) is 9.05 Å². The van der Waals surface area contributed by atoms with Crippen LogP contribution in [0.3, 0.4) is 0 Å². The van der Waals surface area contributed by atoms with Crippen molar-refractivity contribution in [2.24, 2.45) is 0 Å². The normalized spacial score (nSPS) is 14.4. The molecule has 0 heterocycles. The molecule has 0 spiro atoms. The molecule has 7 heteroatoms. The van der Waals surface area contributed by atoms with Crippen molar-refractivity contribution >= 4 is 26.2 Å². The molecule has 0 radical (unpaired) electrons. The number of hydrogen-bond acceptors (Lipinski definition) is 3. The fraction of sp³-hybridized carbons (Fsp3) is 0. The zero-order valence-electron chi connectivity index (χ0n) is 6.91. The largest absolute Gasteiger partial charge is 0.478 e. The maximum absolute atomic E-state index is 10.2. The maximum Gasteiger partial charge on any atom is 0.336 e. The molecule has 14 heavy (non-hydrogen) atoms. The van der Waals surface area contributed by atoms with Crippen molar-refractivity contribution in [3.8, 4) is 0 Å². The SMILES string of the molecule is C=C1C=CC=C1C(=O)O.O=S(O)(O)=S. The lowest BCUT2D eigenvalue weighted by molar-refractivity contribution is -0.132. The Morgan fingerprint density at radius 3 is 2.07 bits per heavy atom. The van der Waals surface area contributed by atoms with E-state index < -0.39 is 15.0 Å². The van der Waals surface area contributed by atoms with E-state index in [0.717, 1.165) is 0 Å². The van der Waals surface area contributed by atoms with Crippen molar-refractivity contribution in [1.29, 1.82) is 0 Å². The molecule has 1 aliphatic rings. The highest BCUT2D eigenvalue weighted by molar-refractivity contribution is 8.26. The third-order valence-electron chi connectivity index (χ3n) is 1.14. The van der Waals surface area contributed by atoms with E-state index in [2.05, 4.69) is 17.8 Å². The fourth-order valence-corrected chi connectivity index (χ4v) is 0.666. The quantitative estimate of drug-likeness (QED) is 0.623. The van der Waals surface area contributed by atoms with E-state index in [1.165, 1.54) is 6.08 Å². The van der Waals surface area contributed by atoms with Gasteiger partial charge in [0.1, 0.15) is 0 Å². The van der Waals surface area contributed by atoms with Crippen LogP contribution in [0.25, 0.3) is 0 Å². The van der Waals surface area contributed by atoms with Crippen LogP contribution in [0.2, 0.25) is 0 Å². The molecule has 0 bridgehead atoms. The number of hydrogen-bond donors (Lipinski definition) is 3. The van der Waals surface area contributed by atoms with Gasteiger partial charge in [0.2, 0.25) is 0 Å². The maximum atomic E-state index is 10.2. The number of carbonyl (C=O) groups is 1. The molecule has 3 N–H and O–H groups in total. The highest BCUT2D eigenvalue weighted by Crippen LogP contribution is 2.15. The standard InChI is InChI=1S/C7H6O2.H2O3S2/c1-5-3-2-4-6(5)7(8)9;1-5(2,3)4/h2-4H,1H2,(H,8,9);(H2,1,2,3,4). The van der Waals surface area contributed by atoms with Crippen LogP contribution in [0.5, 0.6) is 0 Å². The van der Waals surface area contributed by atoms with E-state index in [9.17, 15) is 4.79 Å². The third-order valence-corrected chi connectivity index (χ3v) is 1.14. The lowest BCUT2D eigenvalue weighted by Crippen LogP contribution is -1.98. The molecule has 1 aliphatic carbocycles. The summed E-state index contributed by atoms with van der Waals surface area (Å²) in [4.78, 5) is 10.2. The zero-order valence-corrected chi connectivity index (χ0v) is 8.55. The van der Waals surface area contributed by atoms with Gasteiger partial charge in [-0.25, -0.2) is 4.79 Å². The van der Waals surface area contributed by atoms with Crippen LogP contribution in [-0.4, -0.2) is 24.4 Å². The minimum atomic E-state index is -3.83. The molecule has 0 aromatic heterocycles. The molecule has 5 nitrogen and oxygen atoms in total. The molecular formula is C7H8O5S2. The van der Waals surface area contributed by atoms with E-state index in [1.807, 2.05) is 0 Å². The van der Waals surface area contributed by atoms with Crippen LogP contribution in [0, 0.1) is 0 Å². The van der Waals surface area contributed by atoms with Gasteiger partial charge < -0.3 is 5.11 Å². The number of allylic oxidation sites excluding steroid dienone is 3. The first-order valence-electron chi connectivity index (χ1n) is 3.22. The summed E-state index contributed by atoms with van der Waals surface area (Å²) in [6.07, 6.45) is 4.87. The molecule has 0 fully saturated rings. The predicted molar refractivity (Wildman–Crippen MR) is 54.8 cm³/mol. The molecule has 0 amide bonds. The highest BCUT2D eigenvalue weighted by atomic mass is 32.9. The molecular weight excluding hydrogens is 228 g/mol. The van der Waals surface area contributed by atoms with Crippen LogP contribution in [0.4, 0.5) is 0 Å². The number of carboxylic acid groups (broad SMARTS) is 1. The van der Waals surface area contributed by atoms with Crippen LogP contribution < -0.4 is 0 Å². The molecule has 0 saturated carbocycles. The summed E-state index contributed by atoms with van der Waals surface area (Å²) in [6.45, 7) is 3.52. The van der Waals surface area contributed by atoms with Gasteiger partial charge in [-0.2, -0.15) is 4.21 Å². The second-order valence-corrected chi connectivity index (χ2v) is 4.42. The summed E-state index contributed by atoms with van der Waals surface area (Å²) in [7, 11) is -3.83. The Morgan fingerprint density at radius 2 is 1.93 bits per heavy atom. The second-order valence-electron chi connectivity index (χ2n) is 2.22. The predicted octanol–water partition coefficient (Wildman–Crippen LogP) is 0.802. The summed E-state index contributed by atoms with van der Waals surface area (Å²) >= 11 is 3.47. The number of aliphatic carboxylic acids is 1. The lowest BCUT2D eigenvalue weighted by Gasteiger charge is -1.92. The van der Waals surface area contributed by atoms with Crippen molar-refractivity contribution < 1.29 is 23.2 Å². The Balaban J connectivity index is 0.000000292. The Labute approximate surface area is 85.8 Å². The average molecular weight is 236 g/mol. The van der Waals surface area contributed by atoms with Crippen LogP contribution >= 0.6 is 0 Å². The van der Waals surface area contributed by atoms with Gasteiger partial charge in [-0.15, -0.1) is 0 Å². The van der Waals surface area contributed by atoms with Crippen LogP contribution in [0.15, 0.2) is 36.0 Å². The van der Waals surface area contributed by atoms with Gasteiger partial charge >= 0.3 is 5.97 Å².